The van der Waals surface area contributed by atoms with Crippen molar-refractivity contribution in [3.63, 3.8) is 0 Å². The number of thiol groups is 1. The topological polar surface area (TPSA) is 3.24 Å². The number of rotatable bonds is 2. The standard InChI is InChI=1S/C6H13NS/c1-6-4-7(5-6)2-3-8/h6,8H,2-5H2,1H3. The number of likely N-dealkylation sites (tertiary alicyclic amines) is 1. The van der Waals surface area contributed by atoms with Crippen LogP contribution in [0.3, 0.4) is 0 Å². The Morgan fingerprint density at radius 2 is 2.25 bits per heavy atom. The van der Waals surface area contributed by atoms with Crippen molar-refractivity contribution in [2.75, 3.05) is 25.4 Å². The number of hydrogen-bond acceptors (Lipinski definition) is 2. The first-order valence-electron chi connectivity index (χ1n) is 3.16. The highest BCUT2D eigenvalue weighted by molar-refractivity contribution is 7.80. The fraction of sp³-hybridized carbons (Fsp3) is 1.00. The lowest BCUT2D eigenvalue weighted by Crippen LogP contribution is -2.45. The van der Waals surface area contributed by atoms with E-state index in [4.69, 9.17) is 0 Å². The van der Waals surface area contributed by atoms with Gasteiger partial charge in [-0.15, -0.1) is 0 Å². The fourth-order valence-electron chi connectivity index (χ4n) is 1.15. The van der Waals surface area contributed by atoms with Crippen molar-refractivity contribution >= 4 is 12.6 Å². The highest BCUT2D eigenvalue weighted by Crippen LogP contribution is 2.12. The van der Waals surface area contributed by atoms with Crippen LogP contribution in [0.4, 0.5) is 0 Å². The van der Waals surface area contributed by atoms with E-state index in [1.165, 1.54) is 19.6 Å². The maximum atomic E-state index is 4.14. The van der Waals surface area contributed by atoms with Crippen molar-refractivity contribution in [1.82, 2.24) is 4.90 Å². The molecule has 0 bridgehead atoms. The zero-order valence-corrected chi connectivity index (χ0v) is 6.19. The maximum absolute atomic E-state index is 4.14. The van der Waals surface area contributed by atoms with E-state index >= 15 is 0 Å². The quantitative estimate of drug-likeness (QED) is 0.544. The molecule has 0 aromatic carbocycles. The van der Waals surface area contributed by atoms with Gasteiger partial charge in [-0.25, -0.2) is 0 Å². The van der Waals surface area contributed by atoms with Gasteiger partial charge in [0.1, 0.15) is 0 Å². The molecule has 1 rings (SSSR count). The summed E-state index contributed by atoms with van der Waals surface area (Å²) < 4.78 is 0. The maximum Gasteiger partial charge on any atom is 0.00701 e. The van der Waals surface area contributed by atoms with Gasteiger partial charge in [0.2, 0.25) is 0 Å². The molecule has 0 spiro atoms. The van der Waals surface area contributed by atoms with Crippen LogP contribution in [0.5, 0.6) is 0 Å². The molecule has 1 nitrogen and oxygen atoms in total. The minimum Gasteiger partial charge on any atom is -0.302 e. The lowest BCUT2D eigenvalue weighted by Gasteiger charge is -2.36. The van der Waals surface area contributed by atoms with E-state index in [9.17, 15) is 0 Å². The van der Waals surface area contributed by atoms with Gasteiger partial charge in [-0.05, 0) is 5.92 Å². The van der Waals surface area contributed by atoms with Crippen LogP contribution in [-0.4, -0.2) is 30.3 Å². The van der Waals surface area contributed by atoms with Crippen molar-refractivity contribution in [3.05, 3.63) is 0 Å². The molecule has 1 aliphatic rings. The minimum atomic E-state index is 0.940. The molecule has 8 heavy (non-hydrogen) atoms. The highest BCUT2D eigenvalue weighted by atomic mass is 32.1. The summed E-state index contributed by atoms with van der Waals surface area (Å²) in [6.45, 7) is 6.05. The molecule has 0 saturated carbocycles. The van der Waals surface area contributed by atoms with Gasteiger partial charge in [0.25, 0.3) is 0 Å². The lowest BCUT2D eigenvalue weighted by molar-refractivity contribution is 0.122. The van der Waals surface area contributed by atoms with Crippen molar-refractivity contribution in [2.45, 2.75) is 6.92 Å². The molecule has 0 N–H and O–H groups in total. The smallest absolute Gasteiger partial charge is 0.00701 e. The average Bonchev–Trinajstić information content (AvgIpc) is 1.64. The predicted octanol–water partition coefficient (Wildman–Crippen LogP) is 0.868. The first-order chi connectivity index (χ1) is 3.83. The molecule has 1 heterocycles. The second-order valence-corrected chi connectivity index (χ2v) is 3.04. The molecule has 0 aromatic heterocycles. The third-order valence-electron chi connectivity index (χ3n) is 1.56. The second kappa shape index (κ2) is 2.74. The summed E-state index contributed by atoms with van der Waals surface area (Å²) in [4.78, 5) is 2.43. The molecule has 1 aliphatic heterocycles. The van der Waals surface area contributed by atoms with Gasteiger partial charge < -0.3 is 4.90 Å². The predicted molar refractivity (Wildman–Crippen MR) is 39.5 cm³/mol. The summed E-state index contributed by atoms with van der Waals surface area (Å²) in [7, 11) is 0. The van der Waals surface area contributed by atoms with Gasteiger partial charge in [-0.2, -0.15) is 12.6 Å². The largest absolute Gasteiger partial charge is 0.302 e. The Morgan fingerprint density at radius 1 is 1.62 bits per heavy atom. The summed E-state index contributed by atoms with van der Waals surface area (Å²) in [5, 5.41) is 0. The molecule has 2 heteroatoms. The van der Waals surface area contributed by atoms with Crippen molar-refractivity contribution in [1.29, 1.82) is 0 Å². The van der Waals surface area contributed by atoms with E-state index < -0.39 is 0 Å². The van der Waals surface area contributed by atoms with Crippen LogP contribution in [0, 0.1) is 5.92 Å². The summed E-state index contributed by atoms with van der Waals surface area (Å²) in [6, 6.07) is 0. The first-order valence-corrected chi connectivity index (χ1v) is 3.79. The van der Waals surface area contributed by atoms with E-state index in [0.717, 1.165) is 11.7 Å². The monoisotopic (exact) mass is 131 g/mol. The minimum absolute atomic E-state index is 0.940. The zero-order chi connectivity index (χ0) is 5.98. The molecule has 48 valence electrons. The van der Waals surface area contributed by atoms with E-state index in [2.05, 4.69) is 24.5 Å². The van der Waals surface area contributed by atoms with Crippen LogP contribution in [0.2, 0.25) is 0 Å². The van der Waals surface area contributed by atoms with Crippen LogP contribution in [0.25, 0.3) is 0 Å². The van der Waals surface area contributed by atoms with Crippen molar-refractivity contribution in [2.24, 2.45) is 5.92 Å². The summed E-state index contributed by atoms with van der Waals surface area (Å²) in [5.41, 5.74) is 0. The van der Waals surface area contributed by atoms with Gasteiger partial charge in [0.05, 0.1) is 0 Å². The molecule has 0 atom stereocenters. The molecule has 1 saturated heterocycles. The van der Waals surface area contributed by atoms with E-state index in [0.29, 0.717) is 0 Å². The Labute approximate surface area is 56.5 Å². The number of hydrogen-bond donors (Lipinski definition) is 1. The summed E-state index contributed by atoms with van der Waals surface area (Å²) in [5.74, 6) is 1.95. The van der Waals surface area contributed by atoms with E-state index in [-0.39, 0.29) is 0 Å². The van der Waals surface area contributed by atoms with Gasteiger partial charge >= 0.3 is 0 Å². The Bertz CT molecular complexity index is 66.2. The summed E-state index contributed by atoms with van der Waals surface area (Å²) >= 11 is 4.14. The Kier molecular flexibility index (Phi) is 2.20. The molecule has 0 aliphatic carbocycles. The van der Waals surface area contributed by atoms with Crippen LogP contribution in [0.15, 0.2) is 0 Å². The van der Waals surface area contributed by atoms with Crippen LogP contribution in [-0.2, 0) is 0 Å². The van der Waals surface area contributed by atoms with Crippen LogP contribution >= 0.6 is 12.6 Å². The Balaban J connectivity index is 1.98. The normalized spacial score (nSPS) is 23.2. The SMILES string of the molecule is CC1CN(CCS)C1. The zero-order valence-electron chi connectivity index (χ0n) is 5.30. The molecule has 0 amide bonds. The third-order valence-corrected chi connectivity index (χ3v) is 1.76. The average molecular weight is 131 g/mol. The molecular weight excluding hydrogens is 118 g/mol. The van der Waals surface area contributed by atoms with E-state index in [1.807, 2.05) is 0 Å². The summed E-state index contributed by atoms with van der Waals surface area (Å²) in [6.07, 6.45) is 0. The van der Waals surface area contributed by atoms with Gasteiger partial charge in [0, 0.05) is 25.4 Å². The molecule has 0 aromatic rings. The Hall–Kier alpha value is 0.310. The third kappa shape index (κ3) is 1.39. The van der Waals surface area contributed by atoms with Gasteiger partial charge in [-0.1, -0.05) is 6.92 Å². The second-order valence-electron chi connectivity index (χ2n) is 2.59. The Morgan fingerprint density at radius 3 is 2.62 bits per heavy atom. The molecule has 1 fully saturated rings. The molecule has 0 radical (unpaired) electrons. The van der Waals surface area contributed by atoms with Gasteiger partial charge in [0.15, 0.2) is 0 Å². The molecule has 0 unspecified atom stereocenters. The number of nitrogens with zero attached hydrogens (tertiary/aromatic N) is 1. The first kappa shape index (κ1) is 6.43. The van der Waals surface area contributed by atoms with Crippen LogP contribution < -0.4 is 0 Å². The van der Waals surface area contributed by atoms with Crippen molar-refractivity contribution in [3.8, 4) is 0 Å². The van der Waals surface area contributed by atoms with Crippen molar-refractivity contribution < 1.29 is 0 Å². The fourth-order valence-corrected chi connectivity index (χ4v) is 1.43. The van der Waals surface area contributed by atoms with Crippen LogP contribution in [0.1, 0.15) is 6.92 Å². The lowest BCUT2D eigenvalue weighted by atomic mass is 10.0. The highest BCUT2D eigenvalue weighted by Gasteiger charge is 2.20. The van der Waals surface area contributed by atoms with Gasteiger partial charge in [-0.3, -0.25) is 0 Å². The van der Waals surface area contributed by atoms with E-state index in [1.54, 1.807) is 0 Å². The molecular formula is C6H13NS.